The molecular formula is C15H19NO3S. The topological polar surface area (TPSA) is 57.6 Å². The van der Waals surface area contributed by atoms with Crippen LogP contribution in [0.25, 0.3) is 0 Å². The quantitative estimate of drug-likeness (QED) is 0.860. The summed E-state index contributed by atoms with van der Waals surface area (Å²) in [6.45, 7) is 3.01. The molecule has 1 aromatic carbocycles. The Bertz CT molecular complexity index is 635. The SMILES string of the molecule is Cc1ccc(C#CCCO)cc1S(=O)(=O)N1CCCC1. The van der Waals surface area contributed by atoms with E-state index < -0.39 is 10.0 Å². The average molecular weight is 293 g/mol. The second-order valence-electron chi connectivity index (χ2n) is 4.87. The molecule has 0 spiro atoms. The van der Waals surface area contributed by atoms with Crippen molar-refractivity contribution in [2.24, 2.45) is 0 Å². The van der Waals surface area contributed by atoms with Crippen LogP contribution in [-0.2, 0) is 10.0 Å². The van der Waals surface area contributed by atoms with Crippen molar-refractivity contribution in [3.05, 3.63) is 29.3 Å². The van der Waals surface area contributed by atoms with Crippen molar-refractivity contribution in [1.29, 1.82) is 0 Å². The molecule has 2 rings (SSSR count). The average Bonchev–Trinajstić information content (AvgIpc) is 2.95. The zero-order valence-corrected chi connectivity index (χ0v) is 12.4. The molecule has 0 bridgehead atoms. The second kappa shape index (κ2) is 6.40. The van der Waals surface area contributed by atoms with Gasteiger partial charge in [-0.2, -0.15) is 4.31 Å². The zero-order valence-electron chi connectivity index (χ0n) is 11.6. The molecule has 4 nitrogen and oxygen atoms in total. The Hall–Kier alpha value is -1.35. The summed E-state index contributed by atoms with van der Waals surface area (Å²) in [5, 5.41) is 8.71. The number of aliphatic hydroxyl groups is 1. The predicted octanol–water partition coefficient (Wildman–Crippen LogP) is 1.51. The van der Waals surface area contributed by atoms with E-state index in [1.165, 1.54) is 0 Å². The minimum Gasteiger partial charge on any atom is -0.395 e. The van der Waals surface area contributed by atoms with Gasteiger partial charge >= 0.3 is 0 Å². The van der Waals surface area contributed by atoms with Crippen LogP contribution in [-0.4, -0.2) is 37.5 Å². The lowest BCUT2D eigenvalue weighted by molar-refractivity contribution is 0.305. The number of nitrogens with zero attached hydrogens (tertiary/aromatic N) is 1. The maximum atomic E-state index is 12.6. The molecular weight excluding hydrogens is 274 g/mol. The van der Waals surface area contributed by atoms with Gasteiger partial charge in [0.2, 0.25) is 10.0 Å². The molecule has 1 aromatic rings. The molecule has 1 saturated heterocycles. The Balaban J connectivity index is 2.36. The molecule has 0 aromatic heterocycles. The van der Waals surface area contributed by atoms with Crippen molar-refractivity contribution in [2.45, 2.75) is 31.1 Å². The summed E-state index contributed by atoms with van der Waals surface area (Å²) < 4.78 is 26.7. The van der Waals surface area contributed by atoms with Crippen molar-refractivity contribution in [3.8, 4) is 11.8 Å². The minimum atomic E-state index is -3.41. The Morgan fingerprint density at radius 3 is 2.65 bits per heavy atom. The van der Waals surface area contributed by atoms with Crippen molar-refractivity contribution in [3.63, 3.8) is 0 Å². The van der Waals surface area contributed by atoms with Crippen molar-refractivity contribution >= 4 is 10.0 Å². The number of hydrogen-bond acceptors (Lipinski definition) is 3. The third kappa shape index (κ3) is 3.21. The van der Waals surface area contributed by atoms with Crippen molar-refractivity contribution in [1.82, 2.24) is 4.31 Å². The van der Waals surface area contributed by atoms with Crippen LogP contribution >= 0.6 is 0 Å². The molecule has 1 N–H and O–H groups in total. The Labute approximate surface area is 120 Å². The van der Waals surface area contributed by atoms with E-state index in [2.05, 4.69) is 11.8 Å². The molecule has 0 saturated carbocycles. The maximum absolute atomic E-state index is 12.6. The molecule has 5 heteroatoms. The molecule has 0 atom stereocenters. The van der Waals surface area contributed by atoms with E-state index in [4.69, 9.17) is 5.11 Å². The minimum absolute atomic E-state index is 0.0117. The Kier molecular flexibility index (Phi) is 4.81. The van der Waals surface area contributed by atoms with Gasteiger partial charge in [-0.3, -0.25) is 0 Å². The van der Waals surface area contributed by atoms with E-state index in [-0.39, 0.29) is 6.61 Å². The van der Waals surface area contributed by atoms with Gasteiger partial charge in [0, 0.05) is 25.1 Å². The van der Waals surface area contributed by atoms with Crippen LogP contribution in [0.5, 0.6) is 0 Å². The summed E-state index contributed by atoms with van der Waals surface area (Å²) >= 11 is 0. The number of aryl methyl sites for hydroxylation is 1. The van der Waals surface area contributed by atoms with Crippen molar-refractivity contribution < 1.29 is 13.5 Å². The first-order valence-electron chi connectivity index (χ1n) is 6.76. The van der Waals surface area contributed by atoms with Gasteiger partial charge in [-0.1, -0.05) is 17.9 Å². The molecule has 1 fully saturated rings. The third-order valence-corrected chi connectivity index (χ3v) is 5.38. The summed E-state index contributed by atoms with van der Waals surface area (Å²) in [6, 6.07) is 5.22. The number of rotatable bonds is 3. The molecule has 0 unspecified atom stereocenters. The molecule has 0 aliphatic carbocycles. The molecule has 0 amide bonds. The molecule has 20 heavy (non-hydrogen) atoms. The number of hydrogen-bond donors (Lipinski definition) is 1. The lowest BCUT2D eigenvalue weighted by Crippen LogP contribution is -2.28. The number of sulfonamides is 1. The van der Waals surface area contributed by atoms with E-state index in [0.29, 0.717) is 30.0 Å². The van der Waals surface area contributed by atoms with E-state index in [1.807, 2.05) is 6.07 Å². The van der Waals surface area contributed by atoms with Crippen LogP contribution < -0.4 is 0 Å². The summed E-state index contributed by atoms with van der Waals surface area (Å²) in [7, 11) is -3.41. The van der Waals surface area contributed by atoms with Crippen molar-refractivity contribution in [2.75, 3.05) is 19.7 Å². The monoisotopic (exact) mass is 293 g/mol. The van der Waals surface area contributed by atoms with E-state index in [0.717, 1.165) is 18.4 Å². The standard InChI is InChI=1S/C15H19NO3S/c1-13-7-8-14(6-2-5-11-17)12-15(13)20(18,19)16-9-3-4-10-16/h7-8,12,17H,3-5,9-11H2,1H3. The number of aliphatic hydroxyl groups excluding tert-OH is 1. The second-order valence-corrected chi connectivity index (χ2v) is 6.77. The fourth-order valence-electron chi connectivity index (χ4n) is 2.24. The first kappa shape index (κ1) is 15.0. The highest BCUT2D eigenvalue weighted by Crippen LogP contribution is 2.24. The van der Waals surface area contributed by atoms with Crippen LogP contribution in [0.15, 0.2) is 23.1 Å². The van der Waals surface area contributed by atoms with Crippen LogP contribution in [0.4, 0.5) is 0 Å². The van der Waals surface area contributed by atoms with Gasteiger partial charge in [-0.15, -0.1) is 0 Å². The molecule has 1 aliphatic heterocycles. The first-order chi connectivity index (χ1) is 9.55. The van der Waals surface area contributed by atoms with E-state index in [1.54, 1.807) is 23.4 Å². The lowest BCUT2D eigenvalue weighted by Gasteiger charge is -2.17. The summed E-state index contributed by atoms with van der Waals surface area (Å²) in [6.07, 6.45) is 2.24. The summed E-state index contributed by atoms with van der Waals surface area (Å²) in [4.78, 5) is 0.343. The molecule has 1 heterocycles. The van der Waals surface area contributed by atoms with Gasteiger partial charge in [0.25, 0.3) is 0 Å². The Morgan fingerprint density at radius 2 is 2.00 bits per heavy atom. The van der Waals surface area contributed by atoms with E-state index in [9.17, 15) is 8.42 Å². The van der Waals surface area contributed by atoms with E-state index >= 15 is 0 Å². The van der Waals surface area contributed by atoms with Gasteiger partial charge in [0.1, 0.15) is 0 Å². The van der Waals surface area contributed by atoms with Gasteiger partial charge in [-0.25, -0.2) is 8.42 Å². The van der Waals surface area contributed by atoms with Crippen LogP contribution in [0.3, 0.4) is 0 Å². The van der Waals surface area contributed by atoms with Crippen LogP contribution in [0, 0.1) is 18.8 Å². The van der Waals surface area contributed by atoms with Gasteiger partial charge in [-0.05, 0) is 37.5 Å². The van der Waals surface area contributed by atoms with Gasteiger partial charge < -0.3 is 5.11 Å². The largest absolute Gasteiger partial charge is 0.395 e. The first-order valence-corrected chi connectivity index (χ1v) is 8.20. The zero-order chi connectivity index (χ0) is 14.6. The highest BCUT2D eigenvalue weighted by molar-refractivity contribution is 7.89. The highest BCUT2D eigenvalue weighted by Gasteiger charge is 2.28. The van der Waals surface area contributed by atoms with Gasteiger partial charge in [0.05, 0.1) is 11.5 Å². The normalized spacial score (nSPS) is 15.9. The lowest BCUT2D eigenvalue weighted by atomic mass is 10.1. The van der Waals surface area contributed by atoms with Crippen LogP contribution in [0.1, 0.15) is 30.4 Å². The van der Waals surface area contributed by atoms with Crippen LogP contribution in [0.2, 0.25) is 0 Å². The molecule has 108 valence electrons. The maximum Gasteiger partial charge on any atom is 0.243 e. The van der Waals surface area contributed by atoms with Gasteiger partial charge in [0.15, 0.2) is 0 Å². The summed E-state index contributed by atoms with van der Waals surface area (Å²) in [5.41, 5.74) is 1.41. The summed E-state index contributed by atoms with van der Waals surface area (Å²) in [5.74, 6) is 5.69. The number of benzene rings is 1. The fraction of sp³-hybridized carbons (Fsp3) is 0.467. The molecule has 1 aliphatic rings. The third-order valence-electron chi connectivity index (χ3n) is 3.34. The fourth-order valence-corrected chi connectivity index (χ4v) is 4.01. The highest BCUT2D eigenvalue weighted by atomic mass is 32.2. The molecule has 0 radical (unpaired) electrons. The smallest absolute Gasteiger partial charge is 0.243 e. The Morgan fingerprint density at radius 1 is 1.30 bits per heavy atom. The predicted molar refractivity (Wildman–Crippen MR) is 77.8 cm³/mol.